The zero-order chi connectivity index (χ0) is 26.1. The topological polar surface area (TPSA) is 90.6 Å². The summed E-state index contributed by atoms with van der Waals surface area (Å²) in [4.78, 5) is 15.7. The molecule has 2 heterocycles. The molecule has 5 rings (SSSR count). The molecular formula is C31H38N4O2. The Balaban J connectivity index is 1.27. The molecule has 6 heteroatoms. The number of carbonyl (C=O) groups is 1. The Morgan fingerprint density at radius 2 is 1.89 bits per heavy atom. The number of carbonyl (C=O) groups excluding carboxylic acids is 1. The van der Waals surface area contributed by atoms with Gasteiger partial charge in [0.25, 0.3) is 0 Å². The number of hydrogen-bond acceptors (Lipinski definition) is 5. The molecule has 0 fully saturated rings. The van der Waals surface area contributed by atoms with Gasteiger partial charge < -0.3 is 21.5 Å². The van der Waals surface area contributed by atoms with Crippen LogP contribution in [0, 0.1) is 20.8 Å². The highest BCUT2D eigenvalue weighted by Crippen LogP contribution is 2.32. The van der Waals surface area contributed by atoms with Crippen LogP contribution in [0.25, 0.3) is 0 Å². The molecule has 3 aromatic carbocycles. The molecule has 37 heavy (non-hydrogen) atoms. The van der Waals surface area contributed by atoms with E-state index < -0.39 is 6.04 Å². The summed E-state index contributed by atoms with van der Waals surface area (Å²) in [5.41, 5.74) is 17.0. The molecule has 0 saturated heterocycles. The predicted molar refractivity (Wildman–Crippen MR) is 149 cm³/mol. The van der Waals surface area contributed by atoms with E-state index in [1.54, 1.807) is 12.1 Å². The number of rotatable bonds is 6. The third-order valence-electron chi connectivity index (χ3n) is 7.86. The maximum atomic E-state index is 13.1. The second-order valence-corrected chi connectivity index (χ2v) is 10.8. The van der Waals surface area contributed by atoms with Crippen molar-refractivity contribution >= 4 is 11.6 Å². The minimum atomic E-state index is -0.652. The Hall–Kier alpha value is -3.35. The van der Waals surface area contributed by atoms with E-state index in [-0.39, 0.29) is 17.7 Å². The zero-order valence-corrected chi connectivity index (χ0v) is 22.1. The lowest BCUT2D eigenvalue weighted by atomic mass is 9.93. The number of anilines is 1. The lowest BCUT2D eigenvalue weighted by Crippen LogP contribution is -2.44. The van der Waals surface area contributed by atoms with Crippen LogP contribution in [-0.2, 0) is 30.7 Å². The van der Waals surface area contributed by atoms with Crippen molar-refractivity contribution in [1.82, 2.24) is 10.2 Å². The van der Waals surface area contributed by atoms with Crippen LogP contribution in [0.2, 0.25) is 0 Å². The van der Waals surface area contributed by atoms with Crippen LogP contribution >= 0.6 is 0 Å². The summed E-state index contributed by atoms with van der Waals surface area (Å²) in [6.45, 7) is 9.76. The minimum Gasteiger partial charge on any atom is -0.508 e. The van der Waals surface area contributed by atoms with E-state index in [4.69, 9.17) is 5.73 Å². The number of amides is 1. The molecule has 0 spiro atoms. The van der Waals surface area contributed by atoms with Crippen LogP contribution < -0.4 is 16.4 Å². The molecule has 0 aromatic heterocycles. The number of fused-ring (bicyclic) bond motifs is 2. The number of nitrogens with one attached hydrogen (secondary N) is 2. The number of phenols is 1. The average Bonchev–Trinajstić information content (AvgIpc) is 2.86. The summed E-state index contributed by atoms with van der Waals surface area (Å²) in [5.74, 6) is 0.0981. The second-order valence-electron chi connectivity index (χ2n) is 10.8. The number of phenolic OH excluding ortho intramolecular Hbond substituents is 1. The monoisotopic (exact) mass is 498 g/mol. The fraction of sp³-hybridized carbons (Fsp3) is 0.387. The Morgan fingerprint density at radius 1 is 1.11 bits per heavy atom. The van der Waals surface area contributed by atoms with Gasteiger partial charge in [-0.25, -0.2) is 0 Å². The SMILES string of the molecule is Cc1ccc2c(c1)CN(Cc1ccc3c(c1)C(NC(=O)C(N)Cc1c(C)cc(O)cc1C)CCN3)CC2. The molecule has 6 nitrogen and oxygen atoms in total. The first kappa shape index (κ1) is 25.3. The van der Waals surface area contributed by atoms with E-state index in [2.05, 4.69) is 58.9 Å². The number of nitrogens with two attached hydrogens (primary N) is 1. The maximum Gasteiger partial charge on any atom is 0.237 e. The van der Waals surface area contributed by atoms with Crippen molar-refractivity contribution in [3.63, 3.8) is 0 Å². The number of aryl methyl sites for hydroxylation is 3. The van der Waals surface area contributed by atoms with E-state index >= 15 is 0 Å². The van der Waals surface area contributed by atoms with Crippen LogP contribution in [0.15, 0.2) is 48.5 Å². The third kappa shape index (κ3) is 5.65. The molecule has 0 bridgehead atoms. The lowest BCUT2D eigenvalue weighted by molar-refractivity contribution is -0.123. The third-order valence-corrected chi connectivity index (χ3v) is 7.86. The zero-order valence-electron chi connectivity index (χ0n) is 22.1. The highest BCUT2D eigenvalue weighted by molar-refractivity contribution is 5.82. The predicted octanol–water partition coefficient (Wildman–Crippen LogP) is 4.42. The van der Waals surface area contributed by atoms with Gasteiger partial charge in [-0.1, -0.05) is 35.9 Å². The van der Waals surface area contributed by atoms with Crippen LogP contribution in [0.3, 0.4) is 0 Å². The van der Waals surface area contributed by atoms with Gasteiger partial charge in [0.05, 0.1) is 12.1 Å². The second kappa shape index (κ2) is 10.6. The minimum absolute atomic E-state index is 0.0681. The van der Waals surface area contributed by atoms with Crippen molar-refractivity contribution in [3.8, 4) is 5.75 Å². The Labute approximate surface area is 219 Å². The molecule has 2 aliphatic heterocycles. The van der Waals surface area contributed by atoms with Gasteiger partial charge in [-0.15, -0.1) is 0 Å². The van der Waals surface area contributed by atoms with Gasteiger partial charge in [0, 0.05) is 31.9 Å². The molecule has 1 amide bonds. The summed E-state index contributed by atoms with van der Waals surface area (Å²) < 4.78 is 0. The van der Waals surface area contributed by atoms with Crippen LogP contribution in [0.5, 0.6) is 5.75 Å². The highest BCUT2D eigenvalue weighted by atomic mass is 16.3. The van der Waals surface area contributed by atoms with Gasteiger partial charge in [-0.05, 0) is 97.2 Å². The van der Waals surface area contributed by atoms with Gasteiger partial charge in [0.15, 0.2) is 0 Å². The van der Waals surface area contributed by atoms with E-state index in [0.29, 0.717) is 6.42 Å². The fourth-order valence-electron chi connectivity index (χ4n) is 5.84. The van der Waals surface area contributed by atoms with Crippen LogP contribution in [-0.4, -0.2) is 35.0 Å². The normalized spacial score (nSPS) is 17.9. The van der Waals surface area contributed by atoms with Crippen LogP contribution in [0.1, 0.15) is 57.0 Å². The van der Waals surface area contributed by atoms with E-state index in [1.807, 2.05) is 13.8 Å². The lowest BCUT2D eigenvalue weighted by Gasteiger charge is -2.31. The fourth-order valence-corrected chi connectivity index (χ4v) is 5.84. The van der Waals surface area contributed by atoms with Gasteiger partial charge in [-0.3, -0.25) is 9.69 Å². The molecule has 5 N–H and O–H groups in total. The van der Waals surface area contributed by atoms with Crippen molar-refractivity contribution in [3.05, 3.63) is 93.0 Å². The van der Waals surface area contributed by atoms with Crippen molar-refractivity contribution in [1.29, 1.82) is 0 Å². The summed E-state index contributed by atoms with van der Waals surface area (Å²) in [5, 5.41) is 16.5. The molecule has 2 atom stereocenters. The van der Waals surface area contributed by atoms with Crippen LogP contribution in [0.4, 0.5) is 5.69 Å². The molecule has 2 unspecified atom stereocenters. The first-order valence-corrected chi connectivity index (χ1v) is 13.3. The maximum absolute atomic E-state index is 13.1. The summed E-state index contributed by atoms with van der Waals surface area (Å²) in [6.07, 6.45) is 2.35. The summed E-state index contributed by atoms with van der Waals surface area (Å²) in [7, 11) is 0. The molecule has 194 valence electrons. The Kier molecular flexibility index (Phi) is 7.22. The van der Waals surface area contributed by atoms with E-state index in [1.165, 1.54) is 22.3 Å². The van der Waals surface area contributed by atoms with Crippen molar-refractivity contribution in [2.24, 2.45) is 5.73 Å². The summed E-state index contributed by atoms with van der Waals surface area (Å²) >= 11 is 0. The standard InChI is InChI=1S/C31H38N4O2/c1-19-4-6-23-9-11-35(18-24(23)12-19)17-22-5-7-29-27(15-22)30(8-10-33-29)34-31(37)28(32)16-26-20(2)13-25(36)14-21(26)3/h4-7,12-15,28,30,33,36H,8-11,16-18,32H2,1-3H3,(H,34,37). The summed E-state index contributed by atoms with van der Waals surface area (Å²) in [6, 6.07) is 16.1. The van der Waals surface area contributed by atoms with Gasteiger partial charge in [0.1, 0.15) is 5.75 Å². The van der Waals surface area contributed by atoms with E-state index in [0.717, 1.165) is 67.0 Å². The number of hydrogen-bond donors (Lipinski definition) is 4. The molecule has 0 radical (unpaired) electrons. The van der Waals surface area contributed by atoms with Crippen molar-refractivity contribution in [2.45, 2.75) is 65.2 Å². The van der Waals surface area contributed by atoms with Crippen molar-refractivity contribution in [2.75, 3.05) is 18.4 Å². The van der Waals surface area contributed by atoms with E-state index in [9.17, 15) is 9.90 Å². The average molecular weight is 499 g/mol. The number of aromatic hydroxyl groups is 1. The van der Waals surface area contributed by atoms with Gasteiger partial charge in [0.2, 0.25) is 5.91 Å². The molecule has 0 aliphatic carbocycles. The first-order chi connectivity index (χ1) is 17.8. The van der Waals surface area contributed by atoms with Gasteiger partial charge in [-0.2, -0.15) is 0 Å². The first-order valence-electron chi connectivity index (χ1n) is 13.3. The highest BCUT2D eigenvalue weighted by Gasteiger charge is 2.26. The van der Waals surface area contributed by atoms with Crippen molar-refractivity contribution < 1.29 is 9.90 Å². The Bertz CT molecular complexity index is 1300. The quantitative estimate of drug-likeness (QED) is 0.404. The molecular weight excluding hydrogens is 460 g/mol. The van der Waals surface area contributed by atoms with Gasteiger partial charge >= 0.3 is 0 Å². The smallest absolute Gasteiger partial charge is 0.237 e. The molecule has 3 aromatic rings. The molecule has 0 saturated carbocycles. The number of nitrogens with zero attached hydrogens (tertiary/aromatic N) is 1. The largest absolute Gasteiger partial charge is 0.508 e. The molecule has 2 aliphatic rings. The Morgan fingerprint density at radius 3 is 2.68 bits per heavy atom. The number of benzene rings is 3.